The molecule has 0 fully saturated rings. The van der Waals surface area contributed by atoms with Gasteiger partial charge in [0.05, 0.1) is 6.61 Å². The van der Waals surface area contributed by atoms with Gasteiger partial charge in [-0.1, -0.05) is 13.8 Å². The van der Waals surface area contributed by atoms with Crippen molar-refractivity contribution in [1.29, 1.82) is 0 Å². The van der Waals surface area contributed by atoms with Crippen molar-refractivity contribution >= 4 is 11.8 Å². The van der Waals surface area contributed by atoms with Gasteiger partial charge in [0, 0.05) is 24.2 Å². The summed E-state index contributed by atoms with van der Waals surface area (Å²) in [4.78, 5) is 0. The zero-order valence-corrected chi connectivity index (χ0v) is 8.49. The monoisotopic (exact) mass is 177 g/mol. The molecule has 0 heterocycles. The van der Waals surface area contributed by atoms with Crippen LogP contribution in [0.25, 0.3) is 0 Å². The maximum Gasteiger partial charge on any atom is 0.0578 e. The van der Waals surface area contributed by atoms with Crippen LogP contribution in [0.2, 0.25) is 0 Å². The lowest BCUT2D eigenvalue weighted by Gasteiger charge is -2.12. The number of nitrogens with two attached hydrogens (primary N) is 1. The van der Waals surface area contributed by atoms with Crippen molar-refractivity contribution in [2.75, 3.05) is 19.5 Å². The average Bonchev–Trinajstić information content (AvgIpc) is 2.01. The molecule has 11 heavy (non-hydrogen) atoms. The Morgan fingerprint density at radius 1 is 1.55 bits per heavy atom. The van der Waals surface area contributed by atoms with E-state index in [0.29, 0.717) is 11.3 Å². The van der Waals surface area contributed by atoms with Crippen LogP contribution in [0.1, 0.15) is 20.3 Å². The fourth-order valence-corrected chi connectivity index (χ4v) is 1.73. The molecule has 0 aromatic rings. The van der Waals surface area contributed by atoms with Gasteiger partial charge in [0.2, 0.25) is 0 Å². The van der Waals surface area contributed by atoms with Gasteiger partial charge in [-0.05, 0) is 6.42 Å². The zero-order chi connectivity index (χ0) is 8.69. The number of methoxy groups -OCH3 is 1. The number of thioether (sulfide) groups is 1. The molecule has 68 valence electrons. The molecule has 0 spiro atoms. The van der Waals surface area contributed by atoms with E-state index >= 15 is 0 Å². The highest BCUT2D eigenvalue weighted by atomic mass is 32.2. The molecule has 0 saturated carbocycles. The Balaban J connectivity index is 3.22. The van der Waals surface area contributed by atoms with Gasteiger partial charge in [0.25, 0.3) is 0 Å². The summed E-state index contributed by atoms with van der Waals surface area (Å²) in [6.45, 7) is 5.10. The second-order valence-electron chi connectivity index (χ2n) is 2.77. The van der Waals surface area contributed by atoms with Crippen LogP contribution in [-0.4, -0.2) is 30.8 Å². The van der Waals surface area contributed by atoms with Gasteiger partial charge in [-0.25, -0.2) is 0 Å². The van der Waals surface area contributed by atoms with E-state index in [-0.39, 0.29) is 0 Å². The molecule has 0 aliphatic carbocycles. The summed E-state index contributed by atoms with van der Waals surface area (Å²) < 4.78 is 5.01. The minimum atomic E-state index is 0.347. The van der Waals surface area contributed by atoms with Gasteiger partial charge in [0.1, 0.15) is 0 Å². The van der Waals surface area contributed by atoms with E-state index in [9.17, 15) is 0 Å². The van der Waals surface area contributed by atoms with Gasteiger partial charge in [-0.3, -0.25) is 0 Å². The summed E-state index contributed by atoms with van der Waals surface area (Å²) in [5.41, 5.74) is 5.76. The van der Waals surface area contributed by atoms with Crippen molar-refractivity contribution in [2.24, 2.45) is 5.73 Å². The smallest absolute Gasteiger partial charge is 0.0578 e. The van der Waals surface area contributed by atoms with Crippen LogP contribution < -0.4 is 5.73 Å². The lowest BCUT2D eigenvalue weighted by atomic mass is 10.3. The Kier molecular flexibility index (Phi) is 7.12. The number of hydrogen-bond donors (Lipinski definition) is 1. The van der Waals surface area contributed by atoms with E-state index in [1.54, 1.807) is 7.11 Å². The summed E-state index contributed by atoms with van der Waals surface area (Å²) in [6.07, 6.45) is 1.06. The van der Waals surface area contributed by atoms with Crippen molar-refractivity contribution in [3.05, 3.63) is 0 Å². The fraction of sp³-hybridized carbons (Fsp3) is 1.00. The molecule has 0 saturated heterocycles. The maximum absolute atomic E-state index is 5.76. The Bertz CT molecular complexity index is 90.2. The normalized spacial score (nSPS) is 16.4. The first-order valence-electron chi connectivity index (χ1n) is 4.06. The van der Waals surface area contributed by atoms with E-state index < -0.39 is 0 Å². The van der Waals surface area contributed by atoms with Gasteiger partial charge in [-0.2, -0.15) is 11.8 Å². The molecule has 3 heteroatoms. The average molecular weight is 177 g/mol. The lowest BCUT2D eigenvalue weighted by Crippen LogP contribution is -2.23. The summed E-state index contributed by atoms with van der Waals surface area (Å²) in [7, 11) is 1.73. The SMILES string of the molecule is CCC(N)CSC(C)COC. The first-order valence-corrected chi connectivity index (χ1v) is 5.11. The minimum Gasteiger partial charge on any atom is -0.384 e. The lowest BCUT2D eigenvalue weighted by molar-refractivity contribution is 0.203. The Morgan fingerprint density at radius 2 is 2.18 bits per heavy atom. The van der Waals surface area contributed by atoms with Crippen LogP contribution in [0.4, 0.5) is 0 Å². The fourth-order valence-electron chi connectivity index (χ4n) is 0.689. The summed E-state index contributed by atoms with van der Waals surface area (Å²) >= 11 is 1.88. The van der Waals surface area contributed by atoms with Crippen LogP contribution in [0.5, 0.6) is 0 Å². The first kappa shape index (κ1) is 11.3. The van der Waals surface area contributed by atoms with Gasteiger partial charge >= 0.3 is 0 Å². The molecular weight excluding hydrogens is 158 g/mol. The third-order valence-electron chi connectivity index (χ3n) is 1.52. The van der Waals surface area contributed by atoms with Crippen molar-refractivity contribution in [2.45, 2.75) is 31.6 Å². The number of ether oxygens (including phenoxy) is 1. The van der Waals surface area contributed by atoms with Crippen LogP contribution >= 0.6 is 11.8 Å². The van der Waals surface area contributed by atoms with E-state index in [4.69, 9.17) is 10.5 Å². The van der Waals surface area contributed by atoms with Gasteiger partial charge in [0.15, 0.2) is 0 Å². The van der Waals surface area contributed by atoms with Crippen molar-refractivity contribution in [3.63, 3.8) is 0 Å². The summed E-state index contributed by atoms with van der Waals surface area (Å²) in [5.74, 6) is 1.04. The second-order valence-corrected chi connectivity index (χ2v) is 4.24. The maximum atomic E-state index is 5.76. The van der Waals surface area contributed by atoms with Crippen LogP contribution in [0, 0.1) is 0 Å². The molecule has 0 radical (unpaired) electrons. The first-order chi connectivity index (χ1) is 5.20. The van der Waals surface area contributed by atoms with Crippen molar-refractivity contribution in [3.8, 4) is 0 Å². The van der Waals surface area contributed by atoms with E-state index in [1.807, 2.05) is 11.8 Å². The highest BCUT2D eigenvalue weighted by Gasteiger charge is 2.04. The molecule has 0 rings (SSSR count). The molecule has 2 unspecified atom stereocenters. The van der Waals surface area contributed by atoms with Crippen molar-refractivity contribution < 1.29 is 4.74 Å². The predicted octanol–water partition coefficient (Wildman–Crippen LogP) is 1.49. The van der Waals surface area contributed by atoms with Crippen molar-refractivity contribution in [1.82, 2.24) is 0 Å². The summed E-state index contributed by atoms with van der Waals surface area (Å²) in [5, 5.41) is 0.567. The minimum absolute atomic E-state index is 0.347. The third kappa shape index (κ3) is 6.66. The highest BCUT2D eigenvalue weighted by molar-refractivity contribution is 7.99. The van der Waals surface area contributed by atoms with Gasteiger partial charge < -0.3 is 10.5 Å². The molecule has 0 amide bonds. The topological polar surface area (TPSA) is 35.2 Å². The molecule has 0 aromatic heterocycles. The number of rotatable bonds is 6. The molecular formula is C8H19NOS. The highest BCUT2D eigenvalue weighted by Crippen LogP contribution is 2.11. The molecule has 0 bridgehead atoms. The second kappa shape index (κ2) is 6.95. The Morgan fingerprint density at radius 3 is 2.64 bits per heavy atom. The van der Waals surface area contributed by atoms with Gasteiger partial charge in [-0.15, -0.1) is 0 Å². The van der Waals surface area contributed by atoms with E-state index in [0.717, 1.165) is 18.8 Å². The number of hydrogen-bond acceptors (Lipinski definition) is 3. The molecule has 2 N–H and O–H groups in total. The molecule has 2 atom stereocenters. The third-order valence-corrected chi connectivity index (χ3v) is 2.85. The van der Waals surface area contributed by atoms with Crippen LogP contribution in [-0.2, 0) is 4.74 Å². The largest absolute Gasteiger partial charge is 0.384 e. The Labute approximate surface area is 73.9 Å². The van der Waals surface area contributed by atoms with E-state index in [1.165, 1.54) is 0 Å². The quantitative estimate of drug-likeness (QED) is 0.667. The molecule has 0 aromatic carbocycles. The zero-order valence-electron chi connectivity index (χ0n) is 7.67. The molecule has 2 nitrogen and oxygen atoms in total. The van der Waals surface area contributed by atoms with Crippen LogP contribution in [0.15, 0.2) is 0 Å². The Hall–Kier alpha value is 0.270. The molecule has 0 aliphatic rings. The van der Waals surface area contributed by atoms with Crippen LogP contribution in [0.3, 0.4) is 0 Å². The summed E-state index contributed by atoms with van der Waals surface area (Å²) in [6, 6.07) is 0.347. The standard InChI is InChI=1S/C8H19NOS/c1-4-8(9)6-11-7(2)5-10-3/h7-8H,4-6,9H2,1-3H3. The molecule has 0 aliphatic heterocycles. The predicted molar refractivity (Wildman–Crippen MR) is 52.1 cm³/mol. The van der Waals surface area contributed by atoms with E-state index in [2.05, 4.69) is 13.8 Å².